The van der Waals surface area contributed by atoms with Gasteiger partial charge in [-0.2, -0.15) is 0 Å². The van der Waals surface area contributed by atoms with E-state index in [1.807, 2.05) is 25.1 Å². The minimum atomic E-state index is -0.757. The number of unbranched alkanes of at least 4 members (excludes halogenated alkanes) is 2. The van der Waals surface area contributed by atoms with Crippen molar-refractivity contribution in [1.82, 2.24) is 10.3 Å². The fourth-order valence-corrected chi connectivity index (χ4v) is 4.67. The Morgan fingerprint density at radius 3 is 2.42 bits per heavy atom. The first-order valence-corrected chi connectivity index (χ1v) is 12.6. The standard InChI is InChI=1S/C27H31Cl2N3O4/c1-16(33)7-5-4-6-8-25(27(35)31-20-12-18(28)11-19(29)13-20)32-26(34)15-22-17(2)30-24-10-9-21(36-3)14-23(22)24/h9-14,25,30H,4-8,15H2,1-3H3,(H,31,35)(H,32,34)/t25-/m0/s1. The highest BCUT2D eigenvalue weighted by atomic mass is 35.5. The molecule has 3 aromatic rings. The first-order chi connectivity index (χ1) is 17.2. The third-order valence-corrected chi connectivity index (χ3v) is 6.40. The molecule has 36 heavy (non-hydrogen) atoms. The summed E-state index contributed by atoms with van der Waals surface area (Å²) in [7, 11) is 1.60. The van der Waals surface area contributed by atoms with Gasteiger partial charge in [0.25, 0.3) is 0 Å². The summed E-state index contributed by atoms with van der Waals surface area (Å²) in [5, 5.41) is 7.40. The number of hydrogen-bond donors (Lipinski definition) is 3. The lowest BCUT2D eigenvalue weighted by molar-refractivity contribution is -0.126. The molecule has 1 heterocycles. The van der Waals surface area contributed by atoms with Gasteiger partial charge in [0.2, 0.25) is 11.8 Å². The number of halogens is 2. The number of fused-ring (bicyclic) bond motifs is 1. The Morgan fingerprint density at radius 2 is 1.75 bits per heavy atom. The number of anilines is 1. The Kier molecular flexibility index (Phi) is 9.79. The summed E-state index contributed by atoms with van der Waals surface area (Å²) in [6.45, 7) is 3.48. The summed E-state index contributed by atoms with van der Waals surface area (Å²) in [4.78, 5) is 40.7. The maximum absolute atomic E-state index is 13.1. The number of hydrogen-bond acceptors (Lipinski definition) is 4. The molecular formula is C27H31Cl2N3O4. The second kappa shape index (κ2) is 12.8. The normalized spacial score (nSPS) is 11.8. The van der Waals surface area contributed by atoms with Gasteiger partial charge in [0.1, 0.15) is 17.6 Å². The number of H-pyrrole nitrogens is 1. The van der Waals surface area contributed by atoms with Crippen LogP contribution in [0.15, 0.2) is 36.4 Å². The van der Waals surface area contributed by atoms with Gasteiger partial charge in [-0.25, -0.2) is 0 Å². The minimum Gasteiger partial charge on any atom is -0.497 e. The highest BCUT2D eigenvalue weighted by Gasteiger charge is 2.22. The molecule has 0 aliphatic rings. The first kappa shape index (κ1) is 27.6. The molecule has 0 fully saturated rings. The number of ether oxygens (including phenoxy) is 1. The smallest absolute Gasteiger partial charge is 0.246 e. The van der Waals surface area contributed by atoms with Gasteiger partial charge in [-0.15, -0.1) is 0 Å². The van der Waals surface area contributed by atoms with Gasteiger partial charge in [-0.1, -0.05) is 36.0 Å². The topological polar surface area (TPSA) is 100 Å². The molecule has 1 atom stereocenters. The first-order valence-electron chi connectivity index (χ1n) is 11.9. The highest BCUT2D eigenvalue weighted by molar-refractivity contribution is 6.35. The van der Waals surface area contributed by atoms with Crippen molar-refractivity contribution in [2.75, 3.05) is 12.4 Å². The number of carbonyl (C=O) groups excluding carboxylic acids is 3. The molecule has 0 aliphatic carbocycles. The van der Waals surface area contributed by atoms with Crippen molar-refractivity contribution in [2.24, 2.45) is 0 Å². The Morgan fingerprint density at radius 1 is 1.03 bits per heavy atom. The van der Waals surface area contributed by atoms with Crippen molar-refractivity contribution in [3.05, 3.63) is 57.7 Å². The molecule has 0 spiro atoms. The average Bonchev–Trinajstić information content (AvgIpc) is 3.11. The maximum atomic E-state index is 13.1. The third kappa shape index (κ3) is 7.73. The number of benzene rings is 2. The summed E-state index contributed by atoms with van der Waals surface area (Å²) >= 11 is 12.1. The molecule has 0 saturated carbocycles. The van der Waals surface area contributed by atoms with Crippen LogP contribution in [0.3, 0.4) is 0 Å². The van der Waals surface area contributed by atoms with Crippen LogP contribution < -0.4 is 15.4 Å². The van der Waals surface area contributed by atoms with Crippen molar-refractivity contribution in [2.45, 2.75) is 58.4 Å². The second-order valence-electron chi connectivity index (χ2n) is 8.89. The van der Waals surface area contributed by atoms with Crippen molar-refractivity contribution >= 4 is 57.4 Å². The second-order valence-corrected chi connectivity index (χ2v) is 9.76. The van der Waals surface area contributed by atoms with Gasteiger partial charge in [-0.3, -0.25) is 9.59 Å². The van der Waals surface area contributed by atoms with E-state index in [0.717, 1.165) is 35.0 Å². The van der Waals surface area contributed by atoms with Gasteiger partial charge in [-0.05, 0) is 68.7 Å². The summed E-state index contributed by atoms with van der Waals surface area (Å²) in [6, 6.07) is 9.68. The van der Waals surface area contributed by atoms with Crippen LogP contribution in [0.25, 0.3) is 10.9 Å². The summed E-state index contributed by atoms with van der Waals surface area (Å²) in [5.74, 6) is 0.215. The maximum Gasteiger partial charge on any atom is 0.246 e. The lowest BCUT2D eigenvalue weighted by Crippen LogP contribution is -2.44. The molecule has 1 aromatic heterocycles. The number of aryl methyl sites for hydroxylation is 1. The van der Waals surface area contributed by atoms with Crippen LogP contribution in [0.5, 0.6) is 5.75 Å². The van der Waals surface area contributed by atoms with E-state index in [4.69, 9.17) is 27.9 Å². The number of nitrogens with one attached hydrogen (secondary N) is 3. The molecule has 0 bridgehead atoms. The van der Waals surface area contributed by atoms with Crippen LogP contribution in [-0.4, -0.2) is 35.7 Å². The van der Waals surface area contributed by atoms with Crippen molar-refractivity contribution in [3.63, 3.8) is 0 Å². The number of carbonyl (C=O) groups is 3. The molecule has 0 radical (unpaired) electrons. The summed E-state index contributed by atoms with van der Waals surface area (Å²) in [5.41, 5.74) is 3.09. The van der Waals surface area contributed by atoms with Crippen LogP contribution in [0.2, 0.25) is 10.0 Å². The van der Waals surface area contributed by atoms with Crippen LogP contribution in [0.4, 0.5) is 5.69 Å². The van der Waals surface area contributed by atoms with Crippen molar-refractivity contribution < 1.29 is 19.1 Å². The fourth-order valence-electron chi connectivity index (χ4n) is 4.15. The van der Waals surface area contributed by atoms with Crippen LogP contribution in [-0.2, 0) is 20.8 Å². The molecule has 2 aromatic carbocycles. The minimum absolute atomic E-state index is 0.107. The van der Waals surface area contributed by atoms with E-state index < -0.39 is 6.04 Å². The molecule has 0 saturated heterocycles. The summed E-state index contributed by atoms with van der Waals surface area (Å²) in [6.07, 6.45) is 3.26. The zero-order valence-electron chi connectivity index (χ0n) is 20.7. The quantitative estimate of drug-likeness (QED) is 0.249. The van der Waals surface area contributed by atoms with Crippen molar-refractivity contribution in [1.29, 1.82) is 0 Å². The predicted molar refractivity (Wildman–Crippen MR) is 144 cm³/mol. The number of aromatic nitrogens is 1. The Labute approximate surface area is 220 Å². The molecule has 0 unspecified atom stereocenters. The molecule has 7 nitrogen and oxygen atoms in total. The summed E-state index contributed by atoms with van der Waals surface area (Å²) < 4.78 is 5.33. The number of amides is 2. The monoisotopic (exact) mass is 531 g/mol. The van der Waals surface area contributed by atoms with E-state index >= 15 is 0 Å². The van der Waals surface area contributed by atoms with Crippen LogP contribution in [0.1, 0.15) is 50.3 Å². The Bertz CT molecular complexity index is 1240. The van der Waals surface area contributed by atoms with Crippen molar-refractivity contribution in [3.8, 4) is 5.75 Å². The SMILES string of the molecule is COc1ccc2[nH]c(C)c(CC(=O)N[C@@H](CCCCCC(C)=O)C(=O)Nc3cc(Cl)cc(Cl)c3)c2c1. The van der Waals surface area contributed by atoms with E-state index in [9.17, 15) is 14.4 Å². The molecule has 9 heteroatoms. The number of aromatic amines is 1. The van der Waals surface area contributed by atoms with E-state index in [1.165, 1.54) is 0 Å². The zero-order valence-corrected chi connectivity index (χ0v) is 22.2. The van der Waals surface area contributed by atoms with Gasteiger partial charge >= 0.3 is 0 Å². The largest absolute Gasteiger partial charge is 0.497 e. The molecule has 2 amide bonds. The molecular weight excluding hydrogens is 501 g/mol. The fraction of sp³-hybridized carbons (Fsp3) is 0.370. The lowest BCUT2D eigenvalue weighted by Gasteiger charge is -2.19. The van der Waals surface area contributed by atoms with Crippen LogP contribution >= 0.6 is 23.2 Å². The molecule has 3 N–H and O–H groups in total. The number of rotatable bonds is 12. The number of ketones is 1. The van der Waals surface area contributed by atoms with Gasteiger partial charge < -0.3 is 25.1 Å². The zero-order chi connectivity index (χ0) is 26.2. The van der Waals surface area contributed by atoms with E-state index in [0.29, 0.717) is 40.7 Å². The molecule has 3 rings (SSSR count). The molecule has 192 valence electrons. The van der Waals surface area contributed by atoms with Gasteiger partial charge in [0.15, 0.2) is 0 Å². The van der Waals surface area contributed by atoms with E-state index in [1.54, 1.807) is 32.2 Å². The predicted octanol–water partition coefficient (Wildman–Crippen LogP) is 6.00. The Balaban J connectivity index is 1.73. The van der Waals surface area contributed by atoms with Gasteiger partial charge in [0.05, 0.1) is 13.5 Å². The van der Waals surface area contributed by atoms with E-state index in [-0.39, 0.29) is 24.0 Å². The average molecular weight is 532 g/mol. The number of Topliss-reactive ketones (excluding diaryl/α,β-unsaturated/α-hetero) is 1. The lowest BCUT2D eigenvalue weighted by atomic mass is 10.0. The Hall–Kier alpha value is -3.03. The van der Waals surface area contributed by atoms with Gasteiger partial charge in [0, 0.05) is 38.8 Å². The highest BCUT2D eigenvalue weighted by Crippen LogP contribution is 2.27. The van der Waals surface area contributed by atoms with E-state index in [2.05, 4.69) is 15.6 Å². The number of methoxy groups -OCH3 is 1. The molecule has 0 aliphatic heterocycles. The van der Waals surface area contributed by atoms with Crippen LogP contribution in [0, 0.1) is 6.92 Å². The third-order valence-electron chi connectivity index (χ3n) is 5.97.